The average Bonchev–Trinajstić information content (AvgIpc) is 3.29. The Labute approximate surface area is 193 Å². The molecular formula is C24H28N4O4S. The summed E-state index contributed by atoms with van der Waals surface area (Å²) < 4.78 is 33.2. The van der Waals surface area contributed by atoms with Crippen molar-refractivity contribution in [3.63, 3.8) is 0 Å². The number of nitrogens with zero attached hydrogens (tertiary/aromatic N) is 2. The number of ether oxygens (including phenoxy) is 1. The van der Waals surface area contributed by atoms with Crippen molar-refractivity contribution in [3.05, 3.63) is 59.9 Å². The number of aromatic nitrogens is 2. The first-order valence-corrected chi connectivity index (χ1v) is 12.9. The largest absolute Gasteiger partial charge is 0.381 e. The number of carbonyl (C=O) groups excluding carboxylic acids is 1. The Morgan fingerprint density at radius 3 is 2.52 bits per heavy atom. The summed E-state index contributed by atoms with van der Waals surface area (Å²) in [4.78, 5) is 20.3. The van der Waals surface area contributed by atoms with Crippen LogP contribution in [-0.4, -0.2) is 60.9 Å². The normalized spacial score (nSPS) is 19.0. The highest BCUT2D eigenvalue weighted by Gasteiger charge is 2.31. The fourth-order valence-electron chi connectivity index (χ4n) is 4.76. The maximum absolute atomic E-state index is 13.2. The second kappa shape index (κ2) is 9.24. The number of nitrogens with one attached hydrogen (secondary N) is 2. The van der Waals surface area contributed by atoms with Gasteiger partial charge in [-0.15, -0.1) is 0 Å². The third kappa shape index (κ3) is 4.53. The SMILES string of the molecule is O=C(NC1CCOCC1)c1ccc(S(=O)(=O)N2CCC(c3c[nH]c4ncccc34)CC2)cc1. The number of benzene rings is 1. The molecule has 0 saturated carbocycles. The fraction of sp³-hybridized carbons (Fsp3) is 0.417. The Morgan fingerprint density at radius 2 is 1.79 bits per heavy atom. The zero-order chi connectivity index (χ0) is 22.8. The highest BCUT2D eigenvalue weighted by Crippen LogP contribution is 2.34. The minimum Gasteiger partial charge on any atom is -0.381 e. The van der Waals surface area contributed by atoms with Crippen LogP contribution in [0.3, 0.4) is 0 Å². The molecule has 33 heavy (non-hydrogen) atoms. The lowest BCUT2D eigenvalue weighted by Crippen LogP contribution is -2.39. The molecule has 0 atom stereocenters. The number of hydrogen-bond donors (Lipinski definition) is 2. The molecule has 4 heterocycles. The monoisotopic (exact) mass is 468 g/mol. The zero-order valence-corrected chi connectivity index (χ0v) is 19.2. The molecule has 8 nitrogen and oxygen atoms in total. The van der Waals surface area contributed by atoms with Gasteiger partial charge >= 0.3 is 0 Å². The number of piperidine rings is 1. The summed E-state index contributed by atoms with van der Waals surface area (Å²) in [5, 5.41) is 4.11. The van der Waals surface area contributed by atoms with E-state index in [0.717, 1.165) is 36.7 Å². The summed E-state index contributed by atoms with van der Waals surface area (Å²) in [6.07, 6.45) is 6.86. The molecule has 0 unspecified atom stereocenters. The first kappa shape index (κ1) is 22.1. The number of hydrogen-bond acceptors (Lipinski definition) is 5. The smallest absolute Gasteiger partial charge is 0.251 e. The average molecular weight is 469 g/mol. The maximum atomic E-state index is 13.2. The molecule has 1 amide bonds. The van der Waals surface area contributed by atoms with E-state index < -0.39 is 10.0 Å². The summed E-state index contributed by atoms with van der Waals surface area (Å²) in [5.74, 6) is 0.116. The van der Waals surface area contributed by atoms with E-state index in [1.54, 1.807) is 22.6 Å². The molecule has 2 aliphatic heterocycles. The molecule has 3 aromatic rings. The van der Waals surface area contributed by atoms with Gasteiger partial charge in [0.05, 0.1) is 4.90 Å². The van der Waals surface area contributed by atoms with Crippen molar-refractivity contribution in [1.29, 1.82) is 0 Å². The summed E-state index contributed by atoms with van der Waals surface area (Å²) in [7, 11) is -3.60. The first-order chi connectivity index (χ1) is 16.0. The maximum Gasteiger partial charge on any atom is 0.251 e. The van der Waals surface area contributed by atoms with Crippen molar-refractivity contribution in [2.24, 2.45) is 0 Å². The van der Waals surface area contributed by atoms with Gasteiger partial charge in [0.1, 0.15) is 5.65 Å². The Bertz CT molecular complexity index is 1220. The highest BCUT2D eigenvalue weighted by molar-refractivity contribution is 7.89. The molecule has 9 heteroatoms. The topological polar surface area (TPSA) is 104 Å². The van der Waals surface area contributed by atoms with E-state index in [-0.39, 0.29) is 16.8 Å². The standard InChI is InChI=1S/C24H28N4O4S/c29-24(27-19-9-14-32-15-10-19)18-3-5-20(6-4-18)33(30,31)28-12-7-17(8-13-28)22-16-26-23-21(22)2-1-11-25-23/h1-6,11,16-17,19H,7-10,12-15H2,(H,25,26)(H,27,29). The van der Waals surface area contributed by atoms with Crippen molar-refractivity contribution >= 4 is 27.0 Å². The summed E-state index contributed by atoms with van der Waals surface area (Å²) in [6.45, 7) is 2.23. The lowest BCUT2D eigenvalue weighted by atomic mass is 9.90. The van der Waals surface area contributed by atoms with E-state index in [1.807, 2.05) is 12.3 Å². The Kier molecular flexibility index (Phi) is 6.18. The van der Waals surface area contributed by atoms with Crippen molar-refractivity contribution in [2.45, 2.75) is 42.5 Å². The van der Waals surface area contributed by atoms with Crippen LogP contribution in [0.2, 0.25) is 0 Å². The third-order valence-electron chi connectivity index (χ3n) is 6.69. The van der Waals surface area contributed by atoms with E-state index in [0.29, 0.717) is 37.8 Å². The second-order valence-electron chi connectivity index (χ2n) is 8.71. The molecule has 0 aliphatic carbocycles. The van der Waals surface area contributed by atoms with Crippen LogP contribution in [0.5, 0.6) is 0 Å². The van der Waals surface area contributed by atoms with Crippen molar-refractivity contribution in [3.8, 4) is 0 Å². The number of rotatable bonds is 5. The van der Waals surface area contributed by atoms with Gasteiger partial charge in [-0.25, -0.2) is 13.4 Å². The van der Waals surface area contributed by atoms with Crippen LogP contribution in [0, 0.1) is 0 Å². The molecule has 1 aromatic carbocycles. The lowest BCUT2D eigenvalue weighted by Gasteiger charge is -2.31. The first-order valence-electron chi connectivity index (χ1n) is 11.4. The van der Waals surface area contributed by atoms with E-state index in [4.69, 9.17) is 4.74 Å². The predicted molar refractivity (Wildman–Crippen MR) is 125 cm³/mol. The van der Waals surface area contributed by atoms with Gasteiger partial charge in [0.15, 0.2) is 0 Å². The molecule has 2 aromatic heterocycles. The zero-order valence-electron chi connectivity index (χ0n) is 18.4. The second-order valence-corrected chi connectivity index (χ2v) is 10.6. The Morgan fingerprint density at radius 1 is 1.06 bits per heavy atom. The van der Waals surface area contributed by atoms with Gasteiger partial charge in [0, 0.05) is 55.7 Å². The van der Waals surface area contributed by atoms with Crippen LogP contribution < -0.4 is 5.32 Å². The number of fused-ring (bicyclic) bond motifs is 1. The molecule has 2 N–H and O–H groups in total. The molecule has 174 valence electrons. The number of pyridine rings is 1. The fourth-order valence-corrected chi connectivity index (χ4v) is 6.23. The molecular weight excluding hydrogens is 440 g/mol. The Balaban J connectivity index is 1.23. The Hall–Kier alpha value is -2.75. The van der Waals surface area contributed by atoms with Gasteiger partial charge in [-0.3, -0.25) is 4.79 Å². The van der Waals surface area contributed by atoms with Gasteiger partial charge < -0.3 is 15.0 Å². The van der Waals surface area contributed by atoms with Gasteiger partial charge in [-0.05, 0) is 73.6 Å². The summed E-state index contributed by atoms with van der Waals surface area (Å²) in [5.41, 5.74) is 2.53. The highest BCUT2D eigenvalue weighted by atomic mass is 32.2. The number of aromatic amines is 1. The molecule has 0 radical (unpaired) electrons. The van der Waals surface area contributed by atoms with Crippen LogP contribution in [0.15, 0.2) is 53.7 Å². The van der Waals surface area contributed by atoms with E-state index in [2.05, 4.69) is 21.4 Å². The molecule has 2 fully saturated rings. The molecule has 0 bridgehead atoms. The minimum absolute atomic E-state index is 0.101. The van der Waals surface area contributed by atoms with Crippen LogP contribution >= 0.6 is 0 Å². The van der Waals surface area contributed by atoms with Gasteiger partial charge in [-0.2, -0.15) is 4.31 Å². The number of H-pyrrole nitrogens is 1. The number of amides is 1. The summed E-state index contributed by atoms with van der Waals surface area (Å²) in [6, 6.07) is 10.3. The predicted octanol–water partition coefficient (Wildman–Crippen LogP) is 3.04. The third-order valence-corrected chi connectivity index (χ3v) is 8.60. The molecule has 2 saturated heterocycles. The number of carbonyl (C=O) groups is 1. The van der Waals surface area contributed by atoms with Gasteiger partial charge in [0.2, 0.25) is 10.0 Å². The molecule has 2 aliphatic rings. The molecule has 5 rings (SSSR count). The lowest BCUT2D eigenvalue weighted by molar-refractivity contribution is 0.0696. The van der Waals surface area contributed by atoms with Gasteiger partial charge in [0.25, 0.3) is 5.91 Å². The summed E-state index contributed by atoms with van der Waals surface area (Å²) >= 11 is 0. The minimum atomic E-state index is -3.60. The quantitative estimate of drug-likeness (QED) is 0.599. The van der Waals surface area contributed by atoms with Crippen molar-refractivity contribution in [1.82, 2.24) is 19.6 Å². The molecule has 0 spiro atoms. The van der Waals surface area contributed by atoms with Crippen molar-refractivity contribution in [2.75, 3.05) is 26.3 Å². The van der Waals surface area contributed by atoms with E-state index in [9.17, 15) is 13.2 Å². The van der Waals surface area contributed by atoms with Gasteiger partial charge in [-0.1, -0.05) is 0 Å². The van der Waals surface area contributed by atoms with Crippen molar-refractivity contribution < 1.29 is 17.9 Å². The van der Waals surface area contributed by atoms with E-state index in [1.165, 1.54) is 17.7 Å². The van der Waals surface area contributed by atoms with Crippen LogP contribution in [-0.2, 0) is 14.8 Å². The van der Waals surface area contributed by atoms with Crippen LogP contribution in [0.1, 0.15) is 47.5 Å². The number of sulfonamides is 1. The van der Waals surface area contributed by atoms with E-state index >= 15 is 0 Å². The van der Waals surface area contributed by atoms with Crippen LogP contribution in [0.4, 0.5) is 0 Å². The van der Waals surface area contributed by atoms with Crippen LogP contribution in [0.25, 0.3) is 11.0 Å².